The number of aliphatic hydroxyl groups is 4. The predicted molar refractivity (Wildman–Crippen MR) is 120 cm³/mol. The molecule has 0 unspecified atom stereocenters. The fourth-order valence-corrected chi connectivity index (χ4v) is 3.84. The summed E-state index contributed by atoms with van der Waals surface area (Å²) in [7, 11) is 1.85. The monoisotopic (exact) mass is 449 g/mol. The van der Waals surface area contributed by atoms with Crippen LogP contribution in [0.5, 0.6) is 5.75 Å². The van der Waals surface area contributed by atoms with Gasteiger partial charge in [-0.05, 0) is 37.5 Å². The van der Waals surface area contributed by atoms with Crippen molar-refractivity contribution in [1.29, 1.82) is 0 Å². The van der Waals surface area contributed by atoms with Gasteiger partial charge in [0.05, 0.1) is 31.6 Å². The third kappa shape index (κ3) is 6.66. The number of aromatic nitrogens is 2. The maximum absolute atomic E-state index is 10.9. The van der Waals surface area contributed by atoms with Gasteiger partial charge in [0.15, 0.2) is 0 Å². The van der Waals surface area contributed by atoms with E-state index in [9.17, 15) is 20.4 Å². The van der Waals surface area contributed by atoms with Crippen molar-refractivity contribution in [3.63, 3.8) is 0 Å². The molecule has 2 aromatic rings. The summed E-state index contributed by atoms with van der Waals surface area (Å²) in [5.41, 5.74) is 1.75. The Balaban J connectivity index is 1.87. The van der Waals surface area contributed by atoms with Crippen LogP contribution in [0.4, 0.5) is 5.69 Å². The molecule has 2 bridgehead atoms. The first-order valence-corrected chi connectivity index (χ1v) is 11.2. The fraction of sp³-hybridized carbons (Fsp3) is 0.609. The Hall–Kier alpha value is -2.17. The standard InChI is InChI=1S/C23H35N3O6/c1-25-18(9-10-24-25)14-26-15-20(28)22(30)23(21(29)16-27)32-12-5-3-2-4-11-31-19-8-6-7-17(26)13-19/h6-10,13,20-23,27-30H,2-5,11-12,14-16H2,1H3/t20-,21-,22-,23-/m1/s1. The minimum Gasteiger partial charge on any atom is -0.494 e. The van der Waals surface area contributed by atoms with Gasteiger partial charge in [-0.3, -0.25) is 4.68 Å². The minimum absolute atomic E-state index is 0.0772. The zero-order chi connectivity index (χ0) is 22.9. The van der Waals surface area contributed by atoms with Crippen LogP contribution < -0.4 is 9.64 Å². The second kappa shape index (κ2) is 12.2. The molecule has 1 aromatic heterocycles. The molecule has 178 valence electrons. The van der Waals surface area contributed by atoms with Gasteiger partial charge in [-0.25, -0.2) is 0 Å². The van der Waals surface area contributed by atoms with E-state index in [1.165, 1.54) is 0 Å². The summed E-state index contributed by atoms with van der Waals surface area (Å²) in [5, 5.41) is 45.5. The molecule has 1 aliphatic heterocycles. The molecule has 0 aliphatic carbocycles. The normalized spacial score (nSPS) is 24.7. The Morgan fingerprint density at radius 2 is 1.91 bits per heavy atom. The molecule has 1 aromatic carbocycles. The molecular formula is C23H35N3O6. The average Bonchev–Trinajstić information content (AvgIpc) is 3.20. The highest BCUT2D eigenvalue weighted by Gasteiger charge is 2.34. The van der Waals surface area contributed by atoms with Gasteiger partial charge in [0.2, 0.25) is 0 Å². The first-order valence-electron chi connectivity index (χ1n) is 11.2. The van der Waals surface area contributed by atoms with Crippen LogP contribution in [0.2, 0.25) is 0 Å². The highest BCUT2D eigenvalue weighted by atomic mass is 16.5. The number of aliphatic hydroxyl groups excluding tert-OH is 4. The van der Waals surface area contributed by atoms with Gasteiger partial charge in [-0.1, -0.05) is 12.5 Å². The molecule has 0 amide bonds. The Morgan fingerprint density at radius 1 is 1.12 bits per heavy atom. The third-order valence-corrected chi connectivity index (χ3v) is 5.78. The smallest absolute Gasteiger partial charge is 0.121 e. The van der Waals surface area contributed by atoms with Crippen LogP contribution >= 0.6 is 0 Å². The van der Waals surface area contributed by atoms with Crippen LogP contribution in [-0.4, -0.2) is 81.0 Å². The quantitative estimate of drug-likeness (QED) is 0.542. The van der Waals surface area contributed by atoms with Crippen molar-refractivity contribution in [3.8, 4) is 5.75 Å². The summed E-state index contributed by atoms with van der Waals surface area (Å²) >= 11 is 0. The first-order chi connectivity index (χ1) is 15.5. The van der Waals surface area contributed by atoms with Crippen LogP contribution in [0.15, 0.2) is 36.5 Å². The molecule has 0 spiro atoms. The van der Waals surface area contributed by atoms with Gasteiger partial charge in [-0.2, -0.15) is 5.10 Å². The number of nitrogens with zero attached hydrogens (tertiary/aromatic N) is 3. The van der Waals surface area contributed by atoms with Gasteiger partial charge >= 0.3 is 0 Å². The van der Waals surface area contributed by atoms with Crippen molar-refractivity contribution in [3.05, 3.63) is 42.2 Å². The van der Waals surface area contributed by atoms with Crippen molar-refractivity contribution in [2.24, 2.45) is 7.05 Å². The summed E-state index contributed by atoms with van der Waals surface area (Å²) in [6.45, 7) is 0.890. The number of anilines is 1. The number of hydrogen-bond acceptors (Lipinski definition) is 8. The number of benzene rings is 1. The molecule has 4 N–H and O–H groups in total. The van der Waals surface area contributed by atoms with Gasteiger partial charge < -0.3 is 34.8 Å². The molecular weight excluding hydrogens is 414 g/mol. The number of ether oxygens (including phenoxy) is 2. The maximum atomic E-state index is 10.9. The van der Waals surface area contributed by atoms with E-state index in [1.807, 2.05) is 42.3 Å². The van der Waals surface area contributed by atoms with Crippen molar-refractivity contribution in [2.45, 2.75) is 56.6 Å². The van der Waals surface area contributed by atoms with E-state index in [4.69, 9.17) is 9.47 Å². The van der Waals surface area contributed by atoms with E-state index in [-0.39, 0.29) is 6.54 Å². The molecule has 1 aliphatic rings. The van der Waals surface area contributed by atoms with E-state index in [0.717, 1.165) is 42.8 Å². The van der Waals surface area contributed by atoms with Gasteiger partial charge in [0.1, 0.15) is 24.1 Å². The van der Waals surface area contributed by atoms with Crippen LogP contribution in [0.25, 0.3) is 0 Å². The van der Waals surface area contributed by atoms with Crippen molar-refractivity contribution < 1.29 is 29.9 Å². The largest absolute Gasteiger partial charge is 0.494 e. The molecule has 0 fully saturated rings. The number of β-amino-alcohol motifs (C(OH)–C–C–N with tert-alkyl or cyclic N) is 1. The van der Waals surface area contributed by atoms with E-state index in [0.29, 0.717) is 19.8 Å². The Labute approximate surface area is 188 Å². The number of rotatable bonds is 4. The molecule has 2 heterocycles. The summed E-state index contributed by atoms with van der Waals surface area (Å²) in [6.07, 6.45) is 0.267. The van der Waals surface area contributed by atoms with Gasteiger partial charge in [-0.15, -0.1) is 0 Å². The SMILES string of the molecule is Cn1nccc1CN1C[C@@H](O)[C@@H](O)[C@@H]([C@H](O)CO)OCCCCCCOc2cccc1c2. The lowest BCUT2D eigenvalue weighted by Crippen LogP contribution is -2.51. The van der Waals surface area contributed by atoms with Crippen LogP contribution in [0.3, 0.4) is 0 Å². The molecule has 0 radical (unpaired) electrons. The molecule has 9 nitrogen and oxygen atoms in total. The Morgan fingerprint density at radius 3 is 2.62 bits per heavy atom. The topological polar surface area (TPSA) is 120 Å². The molecule has 0 saturated heterocycles. The second-order valence-corrected chi connectivity index (χ2v) is 8.23. The summed E-state index contributed by atoms with van der Waals surface area (Å²) in [5.74, 6) is 0.747. The van der Waals surface area contributed by atoms with Crippen molar-refractivity contribution in [2.75, 3.05) is 31.3 Å². The number of fused-ring (bicyclic) bond motifs is 2. The Bertz CT molecular complexity index is 817. The highest BCUT2D eigenvalue weighted by Crippen LogP contribution is 2.25. The number of aryl methyl sites for hydroxylation is 1. The van der Waals surface area contributed by atoms with E-state index in [1.54, 1.807) is 10.9 Å². The fourth-order valence-electron chi connectivity index (χ4n) is 3.84. The zero-order valence-corrected chi connectivity index (χ0v) is 18.6. The molecule has 0 saturated carbocycles. The summed E-state index contributed by atoms with van der Waals surface area (Å²) in [4.78, 5) is 1.92. The van der Waals surface area contributed by atoms with Crippen LogP contribution in [0.1, 0.15) is 31.4 Å². The molecule has 32 heavy (non-hydrogen) atoms. The van der Waals surface area contributed by atoms with E-state index < -0.39 is 31.0 Å². The van der Waals surface area contributed by atoms with Crippen LogP contribution in [0, 0.1) is 0 Å². The molecule has 4 atom stereocenters. The number of hydrogen-bond donors (Lipinski definition) is 4. The van der Waals surface area contributed by atoms with Crippen molar-refractivity contribution >= 4 is 5.69 Å². The lowest BCUT2D eigenvalue weighted by molar-refractivity contribution is -0.141. The lowest BCUT2D eigenvalue weighted by atomic mass is 10.0. The van der Waals surface area contributed by atoms with Gasteiger partial charge in [0, 0.05) is 38.1 Å². The highest BCUT2D eigenvalue weighted by molar-refractivity contribution is 5.51. The Kier molecular flexibility index (Phi) is 9.31. The minimum atomic E-state index is -1.38. The van der Waals surface area contributed by atoms with E-state index >= 15 is 0 Å². The lowest BCUT2D eigenvalue weighted by Gasteiger charge is -2.34. The van der Waals surface area contributed by atoms with Gasteiger partial charge in [0.25, 0.3) is 0 Å². The first kappa shape index (κ1) is 24.5. The molecule has 9 heteroatoms. The van der Waals surface area contributed by atoms with Crippen LogP contribution in [-0.2, 0) is 18.3 Å². The predicted octanol–water partition coefficient (Wildman–Crippen LogP) is 0.840. The summed E-state index contributed by atoms with van der Waals surface area (Å²) < 4.78 is 13.4. The second-order valence-electron chi connectivity index (χ2n) is 8.23. The van der Waals surface area contributed by atoms with E-state index in [2.05, 4.69) is 5.10 Å². The average molecular weight is 450 g/mol. The maximum Gasteiger partial charge on any atom is 0.121 e. The summed E-state index contributed by atoms with van der Waals surface area (Å²) in [6, 6.07) is 9.53. The van der Waals surface area contributed by atoms with Crippen molar-refractivity contribution in [1.82, 2.24) is 9.78 Å². The molecule has 3 rings (SSSR count). The zero-order valence-electron chi connectivity index (χ0n) is 18.6. The third-order valence-electron chi connectivity index (χ3n) is 5.78.